The second-order valence-corrected chi connectivity index (χ2v) is 8.18. The maximum Gasteiger partial charge on any atom is 0.165 e. The van der Waals surface area contributed by atoms with Gasteiger partial charge in [0.05, 0.1) is 6.10 Å². The standard InChI is InChI=1S/C23H31F3O/c1-3-5-15-7-9-16(10-8-15)22(25)23(26)19-13-17-11-12-18(6-4-2)27-21(17)14-20(19)24/h13-16,18H,3-12H2,1-2H3/b23-22+. The molecule has 0 amide bonds. The predicted molar refractivity (Wildman–Crippen MR) is 104 cm³/mol. The van der Waals surface area contributed by atoms with E-state index < -0.39 is 23.4 Å². The van der Waals surface area contributed by atoms with Gasteiger partial charge in [0.25, 0.3) is 0 Å². The molecule has 150 valence electrons. The topological polar surface area (TPSA) is 9.23 Å². The molecular weight excluding hydrogens is 349 g/mol. The average Bonchev–Trinajstić information content (AvgIpc) is 2.67. The van der Waals surface area contributed by atoms with Crippen molar-refractivity contribution in [2.75, 3.05) is 0 Å². The van der Waals surface area contributed by atoms with Crippen LogP contribution in [0.25, 0.3) is 5.83 Å². The fraction of sp³-hybridized carbons (Fsp3) is 0.652. The summed E-state index contributed by atoms with van der Waals surface area (Å²) in [5.74, 6) is -1.85. The molecule has 0 N–H and O–H groups in total. The number of hydrogen-bond acceptors (Lipinski definition) is 1. The van der Waals surface area contributed by atoms with Crippen LogP contribution in [0.5, 0.6) is 5.75 Å². The minimum atomic E-state index is -1.02. The van der Waals surface area contributed by atoms with Crippen molar-refractivity contribution in [1.82, 2.24) is 0 Å². The van der Waals surface area contributed by atoms with Gasteiger partial charge in [-0.2, -0.15) is 0 Å². The molecule has 1 atom stereocenters. The van der Waals surface area contributed by atoms with Gasteiger partial charge in [0.15, 0.2) is 5.83 Å². The first-order valence-electron chi connectivity index (χ1n) is 10.6. The Morgan fingerprint density at radius 2 is 1.70 bits per heavy atom. The highest BCUT2D eigenvalue weighted by molar-refractivity contribution is 5.64. The number of halogens is 3. The summed E-state index contributed by atoms with van der Waals surface area (Å²) in [4.78, 5) is 0. The van der Waals surface area contributed by atoms with Crippen LogP contribution >= 0.6 is 0 Å². The van der Waals surface area contributed by atoms with Crippen LogP contribution in [0.3, 0.4) is 0 Å². The van der Waals surface area contributed by atoms with Gasteiger partial charge in [-0.1, -0.05) is 33.1 Å². The number of allylic oxidation sites excluding steroid dienone is 1. The highest BCUT2D eigenvalue weighted by Crippen LogP contribution is 2.41. The number of aryl methyl sites for hydroxylation is 1. The van der Waals surface area contributed by atoms with Crippen molar-refractivity contribution < 1.29 is 17.9 Å². The molecule has 1 aliphatic heterocycles. The van der Waals surface area contributed by atoms with Crippen molar-refractivity contribution in [1.29, 1.82) is 0 Å². The van der Waals surface area contributed by atoms with E-state index in [2.05, 4.69) is 13.8 Å². The number of fused-ring (bicyclic) bond motifs is 1. The summed E-state index contributed by atoms with van der Waals surface area (Å²) in [6, 6.07) is 2.68. The van der Waals surface area contributed by atoms with Gasteiger partial charge in [-0.15, -0.1) is 0 Å². The number of rotatable bonds is 6. The molecule has 1 fully saturated rings. The van der Waals surface area contributed by atoms with E-state index in [0.717, 1.165) is 50.5 Å². The second kappa shape index (κ2) is 9.16. The SMILES string of the molecule is CCCC1CCC(/C(F)=C(\F)c2cc3c(cc2F)OC(CCC)CC3)CC1. The van der Waals surface area contributed by atoms with E-state index in [1.165, 1.54) is 12.1 Å². The summed E-state index contributed by atoms with van der Waals surface area (Å²) in [5.41, 5.74) is 0.521. The molecule has 4 heteroatoms. The van der Waals surface area contributed by atoms with Crippen LogP contribution in [-0.4, -0.2) is 6.10 Å². The summed E-state index contributed by atoms with van der Waals surface area (Å²) in [7, 11) is 0. The van der Waals surface area contributed by atoms with E-state index in [4.69, 9.17) is 4.74 Å². The predicted octanol–water partition coefficient (Wildman–Crippen LogP) is 7.53. The van der Waals surface area contributed by atoms with Gasteiger partial charge < -0.3 is 4.74 Å². The fourth-order valence-electron chi connectivity index (χ4n) is 4.57. The van der Waals surface area contributed by atoms with Crippen LogP contribution in [0.1, 0.15) is 82.8 Å². The molecule has 0 spiro atoms. The van der Waals surface area contributed by atoms with Gasteiger partial charge in [0.2, 0.25) is 0 Å². The van der Waals surface area contributed by atoms with Crippen molar-refractivity contribution >= 4 is 5.83 Å². The monoisotopic (exact) mass is 380 g/mol. The van der Waals surface area contributed by atoms with E-state index in [9.17, 15) is 13.2 Å². The highest BCUT2D eigenvalue weighted by atomic mass is 19.2. The summed E-state index contributed by atoms with van der Waals surface area (Å²) in [6.45, 7) is 4.24. The quantitative estimate of drug-likeness (QED) is 0.495. The molecule has 0 radical (unpaired) electrons. The summed E-state index contributed by atoms with van der Waals surface area (Å²) >= 11 is 0. The first kappa shape index (κ1) is 20.3. The van der Waals surface area contributed by atoms with Crippen molar-refractivity contribution in [3.05, 3.63) is 34.9 Å². The van der Waals surface area contributed by atoms with E-state index in [-0.39, 0.29) is 11.7 Å². The van der Waals surface area contributed by atoms with Gasteiger partial charge in [0, 0.05) is 17.5 Å². The Labute approximate surface area is 161 Å². The van der Waals surface area contributed by atoms with E-state index in [0.29, 0.717) is 30.9 Å². The van der Waals surface area contributed by atoms with Gasteiger partial charge in [-0.3, -0.25) is 0 Å². The minimum absolute atomic E-state index is 0.0863. The van der Waals surface area contributed by atoms with Crippen molar-refractivity contribution in [2.45, 2.75) is 84.2 Å². The average molecular weight is 380 g/mol. The Balaban J connectivity index is 1.76. The Bertz CT molecular complexity index is 674. The van der Waals surface area contributed by atoms with Gasteiger partial charge >= 0.3 is 0 Å². The zero-order chi connectivity index (χ0) is 19.4. The zero-order valence-electron chi connectivity index (χ0n) is 16.5. The van der Waals surface area contributed by atoms with Crippen LogP contribution in [-0.2, 0) is 6.42 Å². The van der Waals surface area contributed by atoms with Crippen LogP contribution in [0.4, 0.5) is 13.2 Å². The van der Waals surface area contributed by atoms with Gasteiger partial charge in [0.1, 0.15) is 17.4 Å². The lowest BCUT2D eigenvalue weighted by Gasteiger charge is -2.28. The van der Waals surface area contributed by atoms with Crippen molar-refractivity contribution in [3.63, 3.8) is 0 Å². The minimum Gasteiger partial charge on any atom is -0.490 e. The Kier molecular flexibility index (Phi) is 6.88. The third kappa shape index (κ3) is 4.70. The molecule has 1 unspecified atom stereocenters. The Morgan fingerprint density at radius 3 is 2.37 bits per heavy atom. The summed E-state index contributed by atoms with van der Waals surface area (Å²) in [5, 5.41) is 0. The Morgan fingerprint density at radius 1 is 1.00 bits per heavy atom. The number of ether oxygens (including phenoxy) is 1. The normalized spacial score (nSPS) is 26.2. The van der Waals surface area contributed by atoms with E-state index in [1.54, 1.807) is 0 Å². The number of hydrogen-bond donors (Lipinski definition) is 0. The van der Waals surface area contributed by atoms with Crippen LogP contribution < -0.4 is 4.74 Å². The third-order valence-electron chi connectivity index (χ3n) is 6.14. The molecule has 0 aromatic heterocycles. The molecular formula is C23H31F3O. The molecule has 1 nitrogen and oxygen atoms in total. The lowest BCUT2D eigenvalue weighted by Crippen LogP contribution is -2.22. The van der Waals surface area contributed by atoms with Gasteiger partial charge in [-0.05, 0) is 62.5 Å². The lowest BCUT2D eigenvalue weighted by atomic mass is 9.79. The van der Waals surface area contributed by atoms with Crippen molar-refractivity contribution in [2.24, 2.45) is 11.8 Å². The molecule has 1 aliphatic carbocycles. The lowest BCUT2D eigenvalue weighted by molar-refractivity contribution is 0.162. The molecule has 1 saturated carbocycles. The first-order valence-corrected chi connectivity index (χ1v) is 10.6. The highest BCUT2D eigenvalue weighted by Gasteiger charge is 2.29. The van der Waals surface area contributed by atoms with Crippen LogP contribution in [0, 0.1) is 17.7 Å². The maximum atomic E-state index is 14.8. The molecule has 0 bridgehead atoms. The fourth-order valence-corrected chi connectivity index (χ4v) is 4.57. The van der Waals surface area contributed by atoms with Crippen molar-refractivity contribution in [3.8, 4) is 5.75 Å². The maximum absolute atomic E-state index is 14.8. The molecule has 27 heavy (non-hydrogen) atoms. The Hall–Kier alpha value is -1.45. The van der Waals surface area contributed by atoms with Crippen LogP contribution in [0.2, 0.25) is 0 Å². The third-order valence-corrected chi connectivity index (χ3v) is 6.14. The van der Waals surface area contributed by atoms with Crippen LogP contribution in [0.15, 0.2) is 18.0 Å². The molecule has 0 saturated heterocycles. The second-order valence-electron chi connectivity index (χ2n) is 8.18. The molecule has 2 aliphatic rings. The number of benzene rings is 1. The van der Waals surface area contributed by atoms with E-state index in [1.807, 2.05) is 0 Å². The molecule has 1 heterocycles. The zero-order valence-corrected chi connectivity index (χ0v) is 16.5. The molecule has 1 aromatic rings. The summed E-state index contributed by atoms with van der Waals surface area (Å²) in [6.07, 6.45) is 9.00. The summed E-state index contributed by atoms with van der Waals surface area (Å²) < 4.78 is 49.9. The van der Waals surface area contributed by atoms with Gasteiger partial charge in [-0.25, -0.2) is 13.2 Å². The smallest absolute Gasteiger partial charge is 0.165 e. The first-order chi connectivity index (χ1) is 13.0. The molecule has 3 rings (SSSR count). The molecule has 1 aromatic carbocycles. The largest absolute Gasteiger partial charge is 0.490 e. The van der Waals surface area contributed by atoms with E-state index >= 15 is 0 Å².